The monoisotopic (exact) mass is 256 g/mol. The molecule has 1 heterocycles. The van der Waals surface area contributed by atoms with Crippen molar-refractivity contribution in [2.75, 3.05) is 0 Å². The molecule has 0 spiro atoms. The molecule has 0 saturated carbocycles. The first-order valence-electron chi connectivity index (χ1n) is 6.34. The lowest BCUT2D eigenvalue weighted by Gasteiger charge is -2.07. The van der Waals surface area contributed by atoms with Crippen molar-refractivity contribution in [2.45, 2.75) is 31.9 Å². The number of aromatic nitrogens is 2. The summed E-state index contributed by atoms with van der Waals surface area (Å²) in [6.07, 6.45) is 3.70. The average molecular weight is 256 g/mol. The zero-order valence-corrected chi connectivity index (χ0v) is 11.4. The maximum atomic E-state index is 4.56. The van der Waals surface area contributed by atoms with Crippen molar-refractivity contribution in [1.29, 1.82) is 0 Å². The molecule has 2 nitrogen and oxygen atoms in total. The number of rotatable bonds is 2. The van der Waals surface area contributed by atoms with Crippen molar-refractivity contribution >= 4 is 12.6 Å². The number of aryl methyl sites for hydroxylation is 3. The predicted molar refractivity (Wildman–Crippen MR) is 76.9 cm³/mol. The minimum Gasteiger partial charge on any atom is -0.237 e. The normalized spacial score (nSPS) is 13.7. The molecular weight excluding hydrogens is 240 g/mol. The molecule has 3 heteroatoms. The molecular formula is C15H16N2S. The fourth-order valence-electron chi connectivity index (χ4n) is 2.58. The van der Waals surface area contributed by atoms with Crippen LogP contribution in [0.25, 0.3) is 11.3 Å². The molecule has 0 unspecified atom stereocenters. The van der Waals surface area contributed by atoms with Gasteiger partial charge in [0.25, 0.3) is 0 Å². The van der Waals surface area contributed by atoms with Gasteiger partial charge in [0, 0.05) is 11.3 Å². The SMILES string of the molecule is Cc1cc(-c2ccc3c(c2)CCC3)nc(CS)n1. The lowest BCUT2D eigenvalue weighted by molar-refractivity contribution is 0.912. The molecule has 1 aromatic carbocycles. The van der Waals surface area contributed by atoms with Crippen LogP contribution in [0, 0.1) is 6.92 Å². The lowest BCUT2D eigenvalue weighted by Crippen LogP contribution is -1.97. The standard InChI is InChI=1S/C15H16N2S/c1-10-7-14(17-15(9-18)16-10)13-6-5-11-3-2-4-12(11)8-13/h5-8,18H,2-4,9H2,1H3. The molecule has 0 bridgehead atoms. The summed E-state index contributed by atoms with van der Waals surface area (Å²) in [4.78, 5) is 8.92. The Morgan fingerprint density at radius 1 is 1.11 bits per heavy atom. The maximum Gasteiger partial charge on any atom is 0.138 e. The lowest BCUT2D eigenvalue weighted by atomic mass is 10.0. The van der Waals surface area contributed by atoms with Crippen LogP contribution in [0.4, 0.5) is 0 Å². The fourth-order valence-corrected chi connectivity index (χ4v) is 2.72. The third-order valence-corrected chi connectivity index (χ3v) is 3.72. The first kappa shape index (κ1) is 11.7. The highest BCUT2D eigenvalue weighted by Gasteiger charge is 2.12. The van der Waals surface area contributed by atoms with Crippen LogP contribution in [0.5, 0.6) is 0 Å². The molecule has 0 amide bonds. The van der Waals surface area contributed by atoms with E-state index in [-0.39, 0.29) is 0 Å². The van der Waals surface area contributed by atoms with Crippen molar-refractivity contribution in [2.24, 2.45) is 0 Å². The Morgan fingerprint density at radius 3 is 2.78 bits per heavy atom. The van der Waals surface area contributed by atoms with Crippen LogP contribution in [-0.2, 0) is 18.6 Å². The summed E-state index contributed by atoms with van der Waals surface area (Å²) < 4.78 is 0. The maximum absolute atomic E-state index is 4.56. The Kier molecular flexibility index (Phi) is 3.08. The molecule has 92 valence electrons. The third-order valence-electron chi connectivity index (χ3n) is 3.44. The van der Waals surface area contributed by atoms with Crippen LogP contribution in [0.1, 0.15) is 29.1 Å². The average Bonchev–Trinajstić information content (AvgIpc) is 2.85. The summed E-state index contributed by atoms with van der Waals surface area (Å²) in [6.45, 7) is 2.01. The second kappa shape index (κ2) is 4.73. The zero-order chi connectivity index (χ0) is 12.5. The molecule has 1 aromatic heterocycles. The molecule has 1 aliphatic rings. The largest absolute Gasteiger partial charge is 0.237 e. The van der Waals surface area contributed by atoms with Gasteiger partial charge in [-0.25, -0.2) is 9.97 Å². The van der Waals surface area contributed by atoms with Gasteiger partial charge in [-0.2, -0.15) is 12.6 Å². The van der Waals surface area contributed by atoms with Crippen molar-refractivity contribution in [3.8, 4) is 11.3 Å². The van der Waals surface area contributed by atoms with Gasteiger partial charge in [0.05, 0.1) is 11.4 Å². The van der Waals surface area contributed by atoms with E-state index in [0.29, 0.717) is 5.75 Å². The van der Waals surface area contributed by atoms with Gasteiger partial charge in [-0.15, -0.1) is 0 Å². The number of hydrogen-bond donors (Lipinski definition) is 1. The van der Waals surface area contributed by atoms with Gasteiger partial charge in [0.1, 0.15) is 5.82 Å². The number of benzene rings is 1. The Labute approximate surface area is 113 Å². The van der Waals surface area contributed by atoms with E-state index in [1.807, 2.05) is 13.0 Å². The first-order valence-corrected chi connectivity index (χ1v) is 6.97. The van der Waals surface area contributed by atoms with Crippen molar-refractivity contribution < 1.29 is 0 Å². The van der Waals surface area contributed by atoms with Crippen LogP contribution in [0.2, 0.25) is 0 Å². The van der Waals surface area contributed by atoms with E-state index in [4.69, 9.17) is 0 Å². The van der Waals surface area contributed by atoms with E-state index in [0.717, 1.165) is 17.2 Å². The Hall–Kier alpha value is -1.35. The van der Waals surface area contributed by atoms with Gasteiger partial charge in [-0.1, -0.05) is 12.1 Å². The van der Waals surface area contributed by atoms with Crippen LogP contribution < -0.4 is 0 Å². The van der Waals surface area contributed by atoms with E-state index >= 15 is 0 Å². The molecule has 0 radical (unpaired) electrons. The van der Waals surface area contributed by atoms with Crippen LogP contribution in [0.3, 0.4) is 0 Å². The highest BCUT2D eigenvalue weighted by molar-refractivity contribution is 7.79. The quantitative estimate of drug-likeness (QED) is 0.834. The van der Waals surface area contributed by atoms with E-state index in [9.17, 15) is 0 Å². The van der Waals surface area contributed by atoms with E-state index in [2.05, 4.69) is 40.8 Å². The molecule has 0 aliphatic heterocycles. The fraction of sp³-hybridized carbons (Fsp3) is 0.333. The van der Waals surface area contributed by atoms with Gasteiger partial charge >= 0.3 is 0 Å². The zero-order valence-electron chi connectivity index (χ0n) is 10.5. The molecule has 2 aromatic rings. The van der Waals surface area contributed by atoms with Gasteiger partial charge in [0.2, 0.25) is 0 Å². The van der Waals surface area contributed by atoms with Crippen LogP contribution >= 0.6 is 12.6 Å². The molecule has 1 aliphatic carbocycles. The summed E-state index contributed by atoms with van der Waals surface area (Å²) in [5.74, 6) is 1.38. The topological polar surface area (TPSA) is 25.8 Å². The van der Waals surface area contributed by atoms with Gasteiger partial charge in [0.15, 0.2) is 0 Å². The highest BCUT2D eigenvalue weighted by atomic mass is 32.1. The second-order valence-electron chi connectivity index (χ2n) is 4.81. The minimum absolute atomic E-state index is 0.583. The molecule has 0 N–H and O–H groups in total. The highest BCUT2D eigenvalue weighted by Crippen LogP contribution is 2.27. The van der Waals surface area contributed by atoms with Gasteiger partial charge in [-0.05, 0) is 49.4 Å². The van der Waals surface area contributed by atoms with Crippen molar-refractivity contribution in [3.63, 3.8) is 0 Å². The Bertz CT molecular complexity index is 593. The Morgan fingerprint density at radius 2 is 1.94 bits per heavy atom. The molecule has 18 heavy (non-hydrogen) atoms. The molecule has 0 atom stereocenters. The van der Waals surface area contributed by atoms with E-state index < -0.39 is 0 Å². The van der Waals surface area contributed by atoms with Crippen molar-refractivity contribution in [1.82, 2.24) is 9.97 Å². The third kappa shape index (κ3) is 2.15. The summed E-state index contributed by atoms with van der Waals surface area (Å²) in [5, 5.41) is 0. The molecule has 0 fully saturated rings. The summed E-state index contributed by atoms with van der Waals surface area (Å²) >= 11 is 4.26. The van der Waals surface area contributed by atoms with Crippen LogP contribution in [-0.4, -0.2) is 9.97 Å². The van der Waals surface area contributed by atoms with Crippen molar-refractivity contribution in [3.05, 3.63) is 46.9 Å². The number of hydrogen-bond acceptors (Lipinski definition) is 3. The number of fused-ring (bicyclic) bond motifs is 1. The number of nitrogens with zero attached hydrogens (tertiary/aromatic N) is 2. The molecule has 3 rings (SSSR count). The number of thiol groups is 1. The smallest absolute Gasteiger partial charge is 0.138 e. The second-order valence-corrected chi connectivity index (χ2v) is 5.12. The molecule has 0 saturated heterocycles. The summed E-state index contributed by atoms with van der Waals surface area (Å²) in [7, 11) is 0. The van der Waals surface area contributed by atoms with Gasteiger partial charge in [-0.3, -0.25) is 0 Å². The predicted octanol–water partition coefficient (Wildman–Crippen LogP) is 3.37. The van der Waals surface area contributed by atoms with Gasteiger partial charge < -0.3 is 0 Å². The summed E-state index contributed by atoms with van der Waals surface area (Å²) in [6, 6.07) is 8.75. The van der Waals surface area contributed by atoms with E-state index in [1.165, 1.54) is 36.0 Å². The minimum atomic E-state index is 0.583. The first-order chi connectivity index (χ1) is 8.76. The van der Waals surface area contributed by atoms with Crippen LogP contribution in [0.15, 0.2) is 24.3 Å². The van der Waals surface area contributed by atoms with E-state index in [1.54, 1.807) is 0 Å². The summed E-state index contributed by atoms with van der Waals surface area (Å²) in [5.41, 5.74) is 6.20. The Balaban J connectivity index is 2.06.